The molecule has 1 aromatic heterocycles. The maximum atomic E-state index is 12.8. The van der Waals surface area contributed by atoms with Gasteiger partial charge < -0.3 is 15.0 Å². The van der Waals surface area contributed by atoms with Crippen molar-refractivity contribution in [2.45, 2.75) is 6.92 Å². The summed E-state index contributed by atoms with van der Waals surface area (Å²) >= 11 is 0. The summed E-state index contributed by atoms with van der Waals surface area (Å²) in [5, 5.41) is 3.08. The van der Waals surface area contributed by atoms with Crippen LogP contribution in [0.4, 0.5) is 0 Å². The lowest BCUT2D eigenvalue weighted by atomic mass is 10.0. The molecule has 1 N–H and O–H groups in total. The quantitative estimate of drug-likeness (QED) is 0.637. The molecule has 0 fully saturated rings. The molecule has 30 heavy (non-hydrogen) atoms. The van der Waals surface area contributed by atoms with E-state index in [2.05, 4.69) is 10.3 Å². The maximum absolute atomic E-state index is 12.8. The molecule has 3 rings (SSSR count). The Labute approximate surface area is 174 Å². The number of likely N-dealkylation sites (N-methyl/N-ethyl adjacent to an activating group) is 2. The van der Waals surface area contributed by atoms with Crippen LogP contribution < -0.4 is 5.32 Å². The Morgan fingerprint density at radius 1 is 1.07 bits per heavy atom. The number of para-hydroxylation sites is 1. The number of rotatable bonds is 6. The monoisotopic (exact) mass is 405 g/mol. The number of nitrogens with one attached hydrogen (secondary N) is 1. The first kappa shape index (κ1) is 21.0. The Bertz CT molecular complexity index is 1090. The molecule has 0 unspecified atom stereocenters. The van der Waals surface area contributed by atoms with E-state index in [4.69, 9.17) is 4.74 Å². The molecule has 2 aromatic carbocycles. The maximum Gasteiger partial charge on any atom is 0.339 e. The summed E-state index contributed by atoms with van der Waals surface area (Å²) in [6, 6.07) is 16.8. The molecular weight excluding hydrogens is 382 g/mol. The van der Waals surface area contributed by atoms with E-state index >= 15 is 0 Å². The van der Waals surface area contributed by atoms with Crippen LogP contribution in [0, 0.1) is 6.92 Å². The molecule has 0 aliphatic carbocycles. The number of esters is 1. The number of benzene rings is 2. The predicted octanol–water partition coefficient (Wildman–Crippen LogP) is 2.57. The van der Waals surface area contributed by atoms with E-state index in [0.717, 1.165) is 11.1 Å². The Kier molecular flexibility index (Phi) is 6.41. The van der Waals surface area contributed by atoms with Crippen LogP contribution in [0.1, 0.15) is 15.9 Å². The fourth-order valence-corrected chi connectivity index (χ4v) is 2.91. The summed E-state index contributed by atoms with van der Waals surface area (Å²) in [5.41, 5.74) is 3.63. The van der Waals surface area contributed by atoms with Gasteiger partial charge in [0.05, 0.1) is 23.3 Å². The number of aryl methyl sites for hydroxylation is 1. The highest BCUT2D eigenvalue weighted by molar-refractivity contribution is 6.05. The van der Waals surface area contributed by atoms with Crippen LogP contribution in [-0.4, -0.2) is 54.9 Å². The van der Waals surface area contributed by atoms with Crippen molar-refractivity contribution >= 4 is 28.7 Å². The minimum absolute atomic E-state index is 0.108. The van der Waals surface area contributed by atoms with E-state index in [9.17, 15) is 14.4 Å². The first-order valence-electron chi connectivity index (χ1n) is 9.47. The van der Waals surface area contributed by atoms with Crippen molar-refractivity contribution in [2.24, 2.45) is 0 Å². The Hall–Kier alpha value is -3.74. The lowest BCUT2D eigenvalue weighted by Crippen LogP contribution is -2.39. The lowest BCUT2D eigenvalue weighted by molar-refractivity contribution is -0.137. The molecule has 0 saturated carbocycles. The average Bonchev–Trinajstić information content (AvgIpc) is 2.76. The normalized spacial score (nSPS) is 10.5. The number of aromatic nitrogens is 1. The zero-order chi connectivity index (χ0) is 21.7. The first-order valence-corrected chi connectivity index (χ1v) is 9.47. The Balaban J connectivity index is 1.85. The Morgan fingerprint density at radius 3 is 2.47 bits per heavy atom. The molecule has 0 radical (unpaired) electrons. The summed E-state index contributed by atoms with van der Waals surface area (Å²) < 4.78 is 5.25. The summed E-state index contributed by atoms with van der Waals surface area (Å²) in [6.45, 7) is 1.43. The van der Waals surface area contributed by atoms with Gasteiger partial charge in [-0.05, 0) is 19.1 Å². The van der Waals surface area contributed by atoms with Crippen LogP contribution in [0.2, 0.25) is 0 Å². The summed E-state index contributed by atoms with van der Waals surface area (Å²) in [6.07, 6.45) is 0. The molecule has 0 saturated heterocycles. The van der Waals surface area contributed by atoms with Crippen LogP contribution in [0.5, 0.6) is 0 Å². The van der Waals surface area contributed by atoms with Gasteiger partial charge in [-0.3, -0.25) is 9.59 Å². The largest absolute Gasteiger partial charge is 0.452 e. The zero-order valence-corrected chi connectivity index (χ0v) is 17.1. The Morgan fingerprint density at radius 2 is 1.77 bits per heavy atom. The van der Waals surface area contributed by atoms with Crippen molar-refractivity contribution in [3.8, 4) is 11.3 Å². The van der Waals surface area contributed by atoms with Gasteiger partial charge in [0.25, 0.3) is 5.91 Å². The minimum atomic E-state index is -0.622. The van der Waals surface area contributed by atoms with Gasteiger partial charge in [-0.1, -0.05) is 48.0 Å². The number of hydrogen-bond acceptors (Lipinski definition) is 5. The highest BCUT2D eigenvalue weighted by atomic mass is 16.5. The number of amides is 2. The van der Waals surface area contributed by atoms with Gasteiger partial charge in [0.1, 0.15) is 0 Å². The molecule has 0 aliphatic rings. The zero-order valence-electron chi connectivity index (χ0n) is 17.1. The van der Waals surface area contributed by atoms with Crippen LogP contribution in [0.25, 0.3) is 22.2 Å². The fourth-order valence-electron chi connectivity index (χ4n) is 2.91. The van der Waals surface area contributed by atoms with E-state index in [1.165, 1.54) is 19.0 Å². The number of fused-ring (bicyclic) bond motifs is 1. The number of hydrogen-bond donors (Lipinski definition) is 1. The highest BCUT2D eigenvalue weighted by Gasteiger charge is 2.18. The van der Waals surface area contributed by atoms with E-state index < -0.39 is 18.5 Å². The van der Waals surface area contributed by atoms with Crippen LogP contribution in [0.3, 0.4) is 0 Å². The van der Waals surface area contributed by atoms with Crippen molar-refractivity contribution in [1.82, 2.24) is 15.2 Å². The van der Waals surface area contributed by atoms with Crippen molar-refractivity contribution in [3.63, 3.8) is 0 Å². The molecular formula is C23H23N3O4. The van der Waals surface area contributed by atoms with Crippen molar-refractivity contribution in [3.05, 3.63) is 65.7 Å². The van der Waals surface area contributed by atoms with Crippen LogP contribution in [0.15, 0.2) is 54.6 Å². The van der Waals surface area contributed by atoms with E-state index in [-0.39, 0.29) is 12.5 Å². The summed E-state index contributed by atoms with van der Waals surface area (Å²) in [5.74, 6) is -1.40. The van der Waals surface area contributed by atoms with Crippen LogP contribution in [-0.2, 0) is 14.3 Å². The van der Waals surface area contributed by atoms with Gasteiger partial charge in [-0.2, -0.15) is 0 Å². The third kappa shape index (κ3) is 4.81. The average molecular weight is 405 g/mol. The first-order chi connectivity index (χ1) is 14.4. The third-order valence-corrected chi connectivity index (χ3v) is 4.70. The number of carbonyl (C=O) groups excluding carboxylic acids is 3. The SMILES string of the molecule is CNC(=O)CN(C)C(=O)COC(=O)c1cc(-c2ccc(C)cc2)nc2ccccc12. The second kappa shape index (κ2) is 9.17. The van der Waals surface area contributed by atoms with E-state index in [1.807, 2.05) is 49.4 Å². The molecule has 0 aliphatic heterocycles. The fraction of sp³-hybridized carbons (Fsp3) is 0.217. The lowest BCUT2D eigenvalue weighted by Gasteiger charge is -2.16. The number of ether oxygens (including phenoxy) is 1. The molecule has 7 heteroatoms. The predicted molar refractivity (Wildman–Crippen MR) is 114 cm³/mol. The number of carbonyl (C=O) groups is 3. The molecule has 7 nitrogen and oxygen atoms in total. The molecule has 0 bridgehead atoms. The molecule has 0 atom stereocenters. The van der Waals surface area contributed by atoms with Gasteiger partial charge in [0.2, 0.25) is 5.91 Å². The van der Waals surface area contributed by atoms with Gasteiger partial charge in [-0.25, -0.2) is 9.78 Å². The topological polar surface area (TPSA) is 88.6 Å². The second-order valence-corrected chi connectivity index (χ2v) is 6.94. The van der Waals surface area contributed by atoms with Gasteiger partial charge in [0, 0.05) is 25.0 Å². The van der Waals surface area contributed by atoms with E-state index in [0.29, 0.717) is 22.2 Å². The van der Waals surface area contributed by atoms with Crippen LogP contribution >= 0.6 is 0 Å². The molecule has 1 heterocycles. The van der Waals surface area contributed by atoms with Crippen molar-refractivity contribution < 1.29 is 19.1 Å². The summed E-state index contributed by atoms with van der Waals surface area (Å²) in [4.78, 5) is 42.2. The van der Waals surface area contributed by atoms with Crippen molar-refractivity contribution in [1.29, 1.82) is 0 Å². The highest BCUT2D eigenvalue weighted by Crippen LogP contribution is 2.25. The molecule has 0 spiro atoms. The third-order valence-electron chi connectivity index (χ3n) is 4.70. The molecule has 2 amide bonds. The minimum Gasteiger partial charge on any atom is -0.452 e. The van der Waals surface area contributed by atoms with E-state index in [1.54, 1.807) is 12.1 Å². The standard InChI is InChI=1S/C23H23N3O4/c1-15-8-10-16(11-9-15)20-12-18(17-6-4-5-7-19(17)25-20)23(29)30-14-22(28)26(3)13-21(27)24-2/h4-12H,13-14H2,1-3H3,(H,24,27). The van der Waals surface area contributed by atoms with Gasteiger partial charge in [-0.15, -0.1) is 0 Å². The number of pyridine rings is 1. The second-order valence-electron chi connectivity index (χ2n) is 6.94. The molecule has 154 valence electrons. The molecule has 3 aromatic rings. The van der Waals surface area contributed by atoms with Gasteiger partial charge >= 0.3 is 5.97 Å². The number of nitrogens with zero attached hydrogens (tertiary/aromatic N) is 2. The smallest absolute Gasteiger partial charge is 0.339 e. The summed E-state index contributed by atoms with van der Waals surface area (Å²) in [7, 11) is 2.96. The van der Waals surface area contributed by atoms with Crippen molar-refractivity contribution in [2.75, 3.05) is 27.2 Å². The van der Waals surface area contributed by atoms with Gasteiger partial charge in [0.15, 0.2) is 6.61 Å².